The zero-order valence-electron chi connectivity index (χ0n) is 19.5. The third-order valence-electron chi connectivity index (χ3n) is 5.89. The number of aliphatic hydroxyl groups is 1. The van der Waals surface area contributed by atoms with Crippen LogP contribution in [0.2, 0.25) is 5.02 Å². The molecular formula is C27H26ClNO5. The third-order valence-corrected chi connectivity index (χ3v) is 6.14. The molecule has 6 nitrogen and oxygen atoms in total. The summed E-state index contributed by atoms with van der Waals surface area (Å²) < 4.78 is 16.4. The van der Waals surface area contributed by atoms with Gasteiger partial charge in [0.15, 0.2) is 11.5 Å². The molecule has 4 rings (SSSR count). The molecule has 0 bridgehead atoms. The Kier molecular flexibility index (Phi) is 6.55. The number of ether oxygens (including phenoxy) is 3. The number of methoxy groups -OCH3 is 2. The van der Waals surface area contributed by atoms with Gasteiger partial charge in [0.05, 0.1) is 19.8 Å². The number of anilines is 1. The summed E-state index contributed by atoms with van der Waals surface area (Å²) in [6.45, 7) is 0. The van der Waals surface area contributed by atoms with Crippen molar-refractivity contribution in [3.63, 3.8) is 0 Å². The van der Waals surface area contributed by atoms with E-state index in [4.69, 9.17) is 25.8 Å². The number of benzene rings is 3. The smallest absolute Gasteiger partial charge is 0.341 e. The number of hydrogen-bond acceptors (Lipinski definition) is 6. The van der Waals surface area contributed by atoms with Crippen molar-refractivity contribution in [1.82, 2.24) is 0 Å². The molecule has 1 aliphatic rings. The Balaban J connectivity index is 1.87. The maximum atomic E-state index is 13.2. The quantitative estimate of drug-likeness (QED) is 0.490. The monoisotopic (exact) mass is 479 g/mol. The Morgan fingerprint density at radius 3 is 2.18 bits per heavy atom. The molecule has 176 valence electrons. The lowest BCUT2D eigenvalue weighted by atomic mass is 9.88. The number of cyclic esters (lactones) is 1. The fraction of sp³-hybridized carbons (Fsp3) is 0.222. The highest BCUT2D eigenvalue weighted by Crippen LogP contribution is 2.45. The highest BCUT2D eigenvalue weighted by atomic mass is 35.5. The highest BCUT2D eigenvalue weighted by Gasteiger charge is 2.48. The van der Waals surface area contributed by atoms with E-state index in [0.717, 1.165) is 11.3 Å². The van der Waals surface area contributed by atoms with Crippen molar-refractivity contribution in [2.24, 2.45) is 0 Å². The second kappa shape index (κ2) is 9.41. The van der Waals surface area contributed by atoms with E-state index in [-0.39, 0.29) is 6.42 Å². The lowest BCUT2D eigenvalue weighted by molar-refractivity contribution is -0.185. The van der Waals surface area contributed by atoms with Crippen LogP contribution in [0.1, 0.15) is 16.7 Å². The summed E-state index contributed by atoms with van der Waals surface area (Å²) in [6.07, 6.45) is 0.246. The van der Waals surface area contributed by atoms with E-state index >= 15 is 0 Å². The van der Waals surface area contributed by atoms with Gasteiger partial charge in [-0.15, -0.1) is 0 Å². The summed E-state index contributed by atoms with van der Waals surface area (Å²) in [5.41, 5.74) is 3.66. The largest absolute Gasteiger partial charge is 0.493 e. The Morgan fingerprint density at radius 1 is 0.941 bits per heavy atom. The highest BCUT2D eigenvalue weighted by molar-refractivity contribution is 6.30. The van der Waals surface area contributed by atoms with Gasteiger partial charge >= 0.3 is 5.97 Å². The first-order valence-electron chi connectivity index (χ1n) is 10.7. The Hall–Kier alpha value is -3.48. The summed E-state index contributed by atoms with van der Waals surface area (Å²) in [4.78, 5) is 15.1. The van der Waals surface area contributed by atoms with Crippen molar-refractivity contribution in [2.45, 2.75) is 12.2 Å². The van der Waals surface area contributed by atoms with E-state index < -0.39 is 11.8 Å². The van der Waals surface area contributed by atoms with Crippen molar-refractivity contribution in [3.05, 3.63) is 94.0 Å². The topological polar surface area (TPSA) is 68.2 Å². The van der Waals surface area contributed by atoms with Crippen molar-refractivity contribution in [1.29, 1.82) is 0 Å². The Labute approximate surface area is 203 Å². The van der Waals surface area contributed by atoms with Crippen LogP contribution >= 0.6 is 11.6 Å². The standard InChI is InChI=1S/C27H26ClNO5/c1-29(2)21-12-6-18(7-13-21)25-22(15-17-5-14-23(32-3)24(16-17)33-4)27(31,34-26(25)30)19-8-10-20(28)11-9-19/h5-14,16,31H,15H2,1-4H3. The number of nitrogens with zero attached hydrogens (tertiary/aromatic N) is 1. The zero-order chi connectivity index (χ0) is 24.5. The molecule has 0 fully saturated rings. The fourth-order valence-corrected chi connectivity index (χ4v) is 4.20. The van der Waals surface area contributed by atoms with Crippen LogP contribution < -0.4 is 14.4 Å². The molecule has 3 aromatic rings. The number of hydrogen-bond donors (Lipinski definition) is 1. The van der Waals surface area contributed by atoms with E-state index in [9.17, 15) is 9.90 Å². The summed E-state index contributed by atoms with van der Waals surface area (Å²) in [5, 5.41) is 12.3. The van der Waals surface area contributed by atoms with Gasteiger partial charge in [0.25, 0.3) is 5.79 Å². The first-order chi connectivity index (χ1) is 16.3. The van der Waals surface area contributed by atoms with Crippen LogP contribution in [-0.2, 0) is 21.7 Å². The molecule has 1 heterocycles. The van der Waals surface area contributed by atoms with Gasteiger partial charge < -0.3 is 24.2 Å². The molecule has 34 heavy (non-hydrogen) atoms. The van der Waals surface area contributed by atoms with Crippen LogP contribution in [0.5, 0.6) is 11.5 Å². The van der Waals surface area contributed by atoms with Gasteiger partial charge in [-0.3, -0.25) is 0 Å². The minimum absolute atomic E-state index is 0.246. The van der Waals surface area contributed by atoms with Gasteiger partial charge in [0.2, 0.25) is 0 Å². The van der Waals surface area contributed by atoms with Gasteiger partial charge in [-0.2, -0.15) is 0 Å². The molecule has 3 aromatic carbocycles. The Morgan fingerprint density at radius 2 is 1.59 bits per heavy atom. The van der Waals surface area contributed by atoms with E-state index in [0.29, 0.717) is 38.8 Å². The first kappa shape index (κ1) is 23.7. The van der Waals surface area contributed by atoms with E-state index in [1.165, 1.54) is 0 Å². The molecule has 0 saturated heterocycles. The summed E-state index contributed by atoms with van der Waals surface area (Å²) in [5.74, 6) is -1.39. The van der Waals surface area contributed by atoms with Crippen molar-refractivity contribution >= 4 is 28.8 Å². The lowest BCUT2D eigenvalue weighted by Crippen LogP contribution is -2.29. The number of rotatable bonds is 7. The SMILES string of the molecule is COc1ccc(CC2=C(c3ccc(N(C)C)cc3)C(=O)OC2(O)c2ccc(Cl)cc2)cc1OC. The van der Waals surface area contributed by atoms with Crippen LogP contribution in [0.3, 0.4) is 0 Å². The lowest BCUT2D eigenvalue weighted by Gasteiger charge is -2.26. The predicted molar refractivity (Wildman–Crippen MR) is 132 cm³/mol. The molecule has 0 radical (unpaired) electrons. The van der Waals surface area contributed by atoms with Gasteiger partial charge in [-0.05, 0) is 47.5 Å². The first-order valence-corrected chi connectivity index (χ1v) is 11.1. The van der Waals surface area contributed by atoms with Crippen LogP contribution in [0.4, 0.5) is 5.69 Å². The van der Waals surface area contributed by atoms with Crippen LogP contribution in [0.15, 0.2) is 72.3 Å². The molecule has 0 amide bonds. The fourth-order valence-electron chi connectivity index (χ4n) is 4.07. The minimum Gasteiger partial charge on any atom is -0.493 e. The Bertz CT molecular complexity index is 1230. The second-order valence-electron chi connectivity index (χ2n) is 8.20. The summed E-state index contributed by atoms with van der Waals surface area (Å²) >= 11 is 6.05. The van der Waals surface area contributed by atoms with Gasteiger partial charge in [0.1, 0.15) is 0 Å². The number of carbonyl (C=O) groups excluding carboxylic acids is 1. The number of halogens is 1. The zero-order valence-corrected chi connectivity index (χ0v) is 20.2. The summed E-state index contributed by atoms with van der Waals surface area (Å²) in [6, 6.07) is 19.6. The molecule has 1 aliphatic heterocycles. The predicted octanol–water partition coefficient (Wildman–Crippen LogP) is 4.82. The molecule has 7 heteroatoms. The average molecular weight is 480 g/mol. The van der Waals surface area contributed by atoms with Gasteiger partial charge in [-0.25, -0.2) is 4.79 Å². The van der Waals surface area contributed by atoms with Crippen LogP contribution in [0.25, 0.3) is 5.57 Å². The molecule has 0 saturated carbocycles. The van der Waals surface area contributed by atoms with Gasteiger partial charge in [0, 0.05) is 42.4 Å². The van der Waals surface area contributed by atoms with Crippen molar-refractivity contribution < 1.29 is 24.1 Å². The maximum absolute atomic E-state index is 13.2. The molecule has 0 aromatic heterocycles. The van der Waals surface area contributed by atoms with E-state index in [1.807, 2.05) is 55.4 Å². The molecule has 0 aliphatic carbocycles. The van der Waals surface area contributed by atoms with Gasteiger partial charge in [-0.1, -0.05) is 41.9 Å². The van der Waals surface area contributed by atoms with Crippen molar-refractivity contribution in [2.75, 3.05) is 33.2 Å². The average Bonchev–Trinajstić information content (AvgIpc) is 3.09. The minimum atomic E-state index is -1.94. The second-order valence-corrected chi connectivity index (χ2v) is 8.64. The molecule has 1 atom stereocenters. The van der Waals surface area contributed by atoms with Crippen LogP contribution in [-0.4, -0.2) is 39.4 Å². The molecule has 0 spiro atoms. The van der Waals surface area contributed by atoms with E-state index in [1.54, 1.807) is 44.6 Å². The van der Waals surface area contributed by atoms with E-state index in [2.05, 4.69) is 0 Å². The number of esters is 1. The van der Waals surface area contributed by atoms with Crippen LogP contribution in [0, 0.1) is 0 Å². The normalized spacial score (nSPS) is 17.5. The molecule has 1 unspecified atom stereocenters. The number of carbonyl (C=O) groups is 1. The maximum Gasteiger partial charge on any atom is 0.341 e. The summed E-state index contributed by atoms with van der Waals surface area (Å²) in [7, 11) is 7.02. The molecule has 1 N–H and O–H groups in total. The molecular weight excluding hydrogens is 454 g/mol. The van der Waals surface area contributed by atoms with Crippen molar-refractivity contribution in [3.8, 4) is 11.5 Å². The third kappa shape index (κ3) is 4.34.